The number of hydrogen-bond acceptors (Lipinski definition) is 2. The highest BCUT2D eigenvalue weighted by Crippen LogP contribution is 2.36. The van der Waals surface area contributed by atoms with Gasteiger partial charge in [-0.25, -0.2) is 0 Å². The lowest BCUT2D eigenvalue weighted by Gasteiger charge is -2.11. The van der Waals surface area contributed by atoms with Gasteiger partial charge >= 0.3 is 0 Å². The summed E-state index contributed by atoms with van der Waals surface area (Å²) in [5, 5.41) is 2.95. The number of amides is 1. The largest absolute Gasteiger partial charge is 0.352 e. The van der Waals surface area contributed by atoms with Crippen LogP contribution in [0.1, 0.15) is 30.1 Å². The first kappa shape index (κ1) is 11.6. The van der Waals surface area contributed by atoms with Gasteiger partial charge in [0.05, 0.1) is 5.56 Å². The zero-order valence-electron chi connectivity index (χ0n) is 9.24. The van der Waals surface area contributed by atoms with Crippen molar-refractivity contribution in [2.75, 3.05) is 6.54 Å². The van der Waals surface area contributed by atoms with Gasteiger partial charge < -0.3 is 5.32 Å². The minimum Gasteiger partial charge on any atom is -0.352 e. The van der Waals surface area contributed by atoms with Crippen molar-refractivity contribution in [2.24, 2.45) is 11.8 Å². The lowest BCUT2D eigenvalue weighted by molar-refractivity contribution is 0.0946. The van der Waals surface area contributed by atoms with Gasteiger partial charge in [0.25, 0.3) is 5.91 Å². The van der Waals surface area contributed by atoms with Crippen LogP contribution in [0, 0.1) is 11.8 Å². The van der Waals surface area contributed by atoms with Crippen molar-refractivity contribution in [3.63, 3.8) is 0 Å². The molecular formula is C12H15BrN2O. The molecule has 1 aromatic rings. The summed E-state index contributed by atoms with van der Waals surface area (Å²) in [6, 6.07) is 1.78. The van der Waals surface area contributed by atoms with Crippen LogP contribution >= 0.6 is 15.9 Å². The molecule has 1 aliphatic rings. The smallest absolute Gasteiger partial charge is 0.252 e. The number of halogens is 1. The molecule has 0 spiro atoms. The summed E-state index contributed by atoms with van der Waals surface area (Å²) < 4.78 is 0.829. The fourth-order valence-electron chi connectivity index (χ4n) is 1.72. The van der Waals surface area contributed by atoms with E-state index in [-0.39, 0.29) is 5.91 Å². The SMILES string of the molecule is CC(CNC(=O)c1cncc(Br)c1)C1CC1. The van der Waals surface area contributed by atoms with Crippen molar-refractivity contribution in [2.45, 2.75) is 19.8 Å². The third kappa shape index (κ3) is 3.04. The van der Waals surface area contributed by atoms with Crippen LogP contribution in [0.5, 0.6) is 0 Å². The van der Waals surface area contributed by atoms with Gasteiger partial charge in [0, 0.05) is 23.4 Å². The molecule has 1 N–H and O–H groups in total. The van der Waals surface area contributed by atoms with E-state index >= 15 is 0 Å². The average molecular weight is 283 g/mol. The minimum absolute atomic E-state index is 0.0405. The summed E-state index contributed by atoms with van der Waals surface area (Å²) in [7, 11) is 0. The first-order valence-corrected chi connectivity index (χ1v) is 6.35. The maximum absolute atomic E-state index is 11.8. The number of carbonyl (C=O) groups is 1. The van der Waals surface area contributed by atoms with Crippen molar-refractivity contribution in [3.8, 4) is 0 Å². The minimum atomic E-state index is -0.0405. The van der Waals surface area contributed by atoms with Crippen molar-refractivity contribution in [1.82, 2.24) is 10.3 Å². The lowest BCUT2D eigenvalue weighted by atomic mass is 10.1. The lowest BCUT2D eigenvalue weighted by Crippen LogP contribution is -2.29. The molecule has 2 rings (SSSR count). The molecule has 0 saturated heterocycles. The van der Waals surface area contributed by atoms with E-state index in [1.54, 1.807) is 18.5 Å². The van der Waals surface area contributed by atoms with Crippen molar-refractivity contribution >= 4 is 21.8 Å². The van der Waals surface area contributed by atoms with Crippen LogP contribution in [0.3, 0.4) is 0 Å². The van der Waals surface area contributed by atoms with E-state index in [2.05, 4.69) is 33.2 Å². The molecule has 0 bridgehead atoms. The fraction of sp³-hybridized carbons (Fsp3) is 0.500. The predicted molar refractivity (Wildman–Crippen MR) is 66.2 cm³/mol. The fourth-order valence-corrected chi connectivity index (χ4v) is 2.09. The van der Waals surface area contributed by atoms with Gasteiger partial charge in [-0.2, -0.15) is 0 Å². The Labute approximate surface area is 104 Å². The second-order valence-electron chi connectivity index (χ2n) is 4.42. The van der Waals surface area contributed by atoms with Gasteiger partial charge in [0.1, 0.15) is 0 Å². The summed E-state index contributed by atoms with van der Waals surface area (Å²) in [5.74, 6) is 1.37. The van der Waals surface area contributed by atoms with Crippen LogP contribution in [0.15, 0.2) is 22.9 Å². The van der Waals surface area contributed by atoms with E-state index in [1.807, 2.05) is 0 Å². The van der Waals surface area contributed by atoms with E-state index in [4.69, 9.17) is 0 Å². The molecule has 1 heterocycles. The van der Waals surface area contributed by atoms with Crippen LogP contribution in [-0.2, 0) is 0 Å². The molecule has 0 radical (unpaired) electrons. The maximum atomic E-state index is 11.8. The molecule has 4 heteroatoms. The molecule has 3 nitrogen and oxygen atoms in total. The molecule has 86 valence electrons. The Balaban J connectivity index is 1.87. The van der Waals surface area contributed by atoms with Crippen LogP contribution in [0.2, 0.25) is 0 Å². The van der Waals surface area contributed by atoms with Crippen LogP contribution in [0.4, 0.5) is 0 Å². The van der Waals surface area contributed by atoms with E-state index in [1.165, 1.54) is 12.8 Å². The Hall–Kier alpha value is -0.900. The van der Waals surface area contributed by atoms with Gasteiger partial charge in [-0.1, -0.05) is 6.92 Å². The van der Waals surface area contributed by atoms with E-state index in [0.29, 0.717) is 11.5 Å². The summed E-state index contributed by atoms with van der Waals surface area (Å²) >= 11 is 3.30. The Kier molecular flexibility index (Phi) is 3.59. The number of pyridine rings is 1. The Morgan fingerprint density at radius 1 is 1.62 bits per heavy atom. The van der Waals surface area contributed by atoms with Crippen molar-refractivity contribution < 1.29 is 4.79 Å². The summed E-state index contributed by atoms with van der Waals surface area (Å²) in [6.07, 6.45) is 5.89. The molecule has 1 fully saturated rings. The van der Waals surface area contributed by atoms with Crippen LogP contribution in [0.25, 0.3) is 0 Å². The molecular weight excluding hydrogens is 268 g/mol. The summed E-state index contributed by atoms with van der Waals surface area (Å²) in [5.41, 5.74) is 0.609. The van der Waals surface area contributed by atoms with Crippen LogP contribution < -0.4 is 5.32 Å². The number of nitrogens with one attached hydrogen (secondary N) is 1. The molecule has 16 heavy (non-hydrogen) atoms. The van der Waals surface area contributed by atoms with Crippen molar-refractivity contribution in [3.05, 3.63) is 28.5 Å². The maximum Gasteiger partial charge on any atom is 0.252 e. The second-order valence-corrected chi connectivity index (χ2v) is 5.33. The van der Waals surface area contributed by atoms with E-state index in [0.717, 1.165) is 16.9 Å². The monoisotopic (exact) mass is 282 g/mol. The molecule has 1 atom stereocenters. The Morgan fingerprint density at radius 3 is 3.00 bits per heavy atom. The van der Waals surface area contributed by atoms with Crippen molar-refractivity contribution in [1.29, 1.82) is 0 Å². The third-order valence-corrected chi connectivity index (χ3v) is 3.41. The van der Waals surface area contributed by atoms with Gasteiger partial charge in [-0.3, -0.25) is 9.78 Å². The molecule has 1 aromatic heterocycles. The second kappa shape index (κ2) is 4.95. The molecule has 1 aliphatic carbocycles. The number of nitrogens with zero attached hydrogens (tertiary/aromatic N) is 1. The Bertz CT molecular complexity index is 390. The number of aromatic nitrogens is 1. The summed E-state index contributed by atoms with van der Waals surface area (Å²) in [4.78, 5) is 15.7. The molecule has 1 saturated carbocycles. The molecule has 1 unspecified atom stereocenters. The highest BCUT2D eigenvalue weighted by molar-refractivity contribution is 9.10. The van der Waals surface area contributed by atoms with E-state index < -0.39 is 0 Å². The van der Waals surface area contributed by atoms with Gasteiger partial charge in [0.2, 0.25) is 0 Å². The first-order valence-electron chi connectivity index (χ1n) is 5.55. The average Bonchev–Trinajstić information content (AvgIpc) is 3.09. The number of carbonyl (C=O) groups excluding carboxylic acids is 1. The zero-order chi connectivity index (χ0) is 11.5. The highest BCUT2D eigenvalue weighted by atomic mass is 79.9. The van der Waals surface area contributed by atoms with Gasteiger partial charge in [-0.15, -0.1) is 0 Å². The topological polar surface area (TPSA) is 42.0 Å². The summed E-state index contributed by atoms with van der Waals surface area (Å²) in [6.45, 7) is 2.95. The number of hydrogen-bond donors (Lipinski definition) is 1. The highest BCUT2D eigenvalue weighted by Gasteiger charge is 2.27. The molecule has 0 aromatic carbocycles. The van der Waals surface area contributed by atoms with Gasteiger partial charge in [0.15, 0.2) is 0 Å². The third-order valence-electron chi connectivity index (χ3n) is 2.98. The predicted octanol–water partition coefficient (Wildman–Crippen LogP) is 2.62. The number of rotatable bonds is 4. The van der Waals surface area contributed by atoms with E-state index in [9.17, 15) is 4.79 Å². The quantitative estimate of drug-likeness (QED) is 0.923. The van der Waals surface area contributed by atoms with Crippen LogP contribution in [-0.4, -0.2) is 17.4 Å². The molecule has 0 aliphatic heterocycles. The Morgan fingerprint density at radius 2 is 2.38 bits per heavy atom. The standard InChI is InChI=1S/C12H15BrN2O/c1-8(9-2-3-9)5-15-12(16)10-4-11(13)7-14-6-10/h4,6-9H,2-3,5H2,1H3,(H,15,16). The van der Waals surface area contributed by atoms with Gasteiger partial charge in [-0.05, 0) is 46.7 Å². The first-order chi connectivity index (χ1) is 7.66. The molecule has 1 amide bonds. The zero-order valence-corrected chi connectivity index (χ0v) is 10.8. The normalized spacial score (nSPS) is 16.9.